The number of hydrogen-bond donors (Lipinski definition) is 2. The van der Waals surface area contributed by atoms with E-state index in [1.54, 1.807) is 0 Å². The molecule has 0 aliphatic carbocycles. The van der Waals surface area contributed by atoms with E-state index in [-0.39, 0.29) is 25.1 Å². The molecule has 0 spiro atoms. The average molecular weight is 250 g/mol. The SMILES string of the molecule is CCC(CN)S(=O)(=O)N1CCC(C)C1CO. The van der Waals surface area contributed by atoms with E-state index >= 15 is 0 Å². The van der Waals surface area contributed by atoms with Gasteiger partial charge in [-0.2, -0.15) is 4.31 Å². The van der Waals surface area contributed by atoms with Crippen molar-refractivity contribution < 1.29 is 13.5 Å². The zero-order valence-electron chi connectivity index (χ0n) is 9.96. The van der Waals surface area contributed by atoms with Crippen LogP contribution in [0.3, 0.4) is 0 Å². The van der Waals surface area contributed by atoms with Crippen molar-refractivity contribution >= 4 is 10.0 Å². The molecule has 0 amide bonds. The lowest BCUT2D eigenvalue weighted by atomic mass is 10.0. The Labute approximate surface area is 97.7 Å². The first-order chi connectivity index (χ1) is 7.48. The largest absolute Gasteiger partial charge is 0.395 e. The minimum atomic E-state index is -3.35. The van der Waals surface area contributed by atoms with Crippen molar-refractivity contribution in [2.45, 2.75) is 38.0 Å². The van der Waals surface area contributed by atoms with Gasteiger partial charge in [-0.3, -0.25) is 0 Å². The molecule has 1 fully saturated rings. The molecule has 6 heteroatoms. The molecule has 0 saturated carbocycles. The number of rotatable bonds is 5. The van der Waals surface area contributed by atoms with Crippen LogP contribution in [0.15, 0.2) is 0 Å². The van der Waals surface area contributed by atoms with Crippen LogP contribution in [0.25, 0.3) is 0 Å². The fourth-order valence-electron chi connectivity index (χ4n) is 2.25. The predicted molar refractivity (Wildman–Crippen MR) is 63.4 cm³/mol. The molecule has 96 valence electrons. The first-order valence-corrected chi connectivity index (χ1v) is 7.30. The zero-order chi connectivity index (χ0) is 12.3. The van der Waals surface area contributed by atoms with Gasteiger partial charge in [-0.15, -0.1) is 0 Å². The summed E-state index contributed by atoms with van der Waals surface area (Å²) in [5.41, 5.74) is 5.49. The van der Waals surface area contributed by atoms with Gasteiger partial charge in [0.2, 0.25) is 10.0 Å². The summed E-state index contributed by atoms with van der Waals surface area (Å²) in [5.74, 6) is 0.218. The maximum atomic E-state index is 12.2. The summed E-state index contributed by atoms with van der Waals surface area (Å²) in [4.78, 5) is 0. The third-order valence-corrected chi connectivity index (χ3v) is 5.96. The summed E-state index contributed by atoms with van der Waals surface area (Å²) in [6.07, 6.45) is 1.33. The molecule has 1 saturated heterocycles. The Kier molecular flexibility index (Phi) is 4.73. The van der Waals surface area contributed by atoms with Gasteiger partial charge in [-0.25, -0.2) is 8.42 Å². The van der Waals surface area contributed by atoms with Gasteiger partial charge in [0.05, 0.1) is 17.9 Å². The fraction of sp³-hybridized carbons (Fsp3) is 1.00. The summed E-state index contributed by atoms with van der Waals surface area (Å²) in [5, 5.41) is 8.74. The quantitative estimate of drug-likeness (QED) is 0.705. The summed E-state index contributed by atoms with van der Waals surface area (Å²) in [6, 6.07) is -0.273. The van der Waals surface area contributed by atoms with Crippen molar-refractivity contribution in [3.8, 4) is 0 Å². The van der Waals surface area contributed by atoms with Crippen LogP contribution in [-0.4, -0.2) is 48.8 Å². The van der Waals surface area contributed by atoms with Gasteiger partial charge in [0.1, 0.15) is 0 Å². The number of hydrogen-bond acceptors (Lipinski definition) is 4. The highest BCUT2D eigenvalue weighted by Crippen LogP contribution is 2.28. The lowest BCUT2D eigenvalue weighted by Crippen LogP contribution is -2.46. The molecule has 3 atom stereocenters. The standard InChI is InChI=1S/C10H22N2O3S/c1-3-9(6-11)16(14,15)12-5-4-8(2)10(12)7-13/h8-10,13H,3-7,11H2,1-2H3. The van der Waals surface area contributed by atoms with Crippen LogP contribution in [0.2, 0.25) is 0 Å². The highest BCUT2D eigenvalue weighted by molar-refractivity contribution is 7.89. The van der Waals surface area contributed by atoms with E-state index in [1.165, 1.54) is 4.31 Å². The Balaban J connectivity index is 2.91. The lowest BCUT2D eigenvalue weighted by molar-refractivity contribution is 0.190. The van der Waals surface area contributed by atoms with Crippen molar-refractivity contribution in [2.24, 2.45) is 11.7 Å². The molecule has 16 heavy (non-hydrogen) atoms. The van der Waals surface area contributed by atoms with Crippen LogP contribution in [0.4, 0.5) is 0 Å². The smallest absolute Gasteiger partial charge is 0.218 e. The van der Waals surface area contributed by atoms with Crippen LogP contribution in [0.5, 0.6) is 0 Å². The van der Waals surface area contributed by atoms with Gasteiger partial charge >= 0.3 is 0 Å². The van der Waals surface area contributed by atoms with Crippen molar-refractivity contribution in [3.05, 3.63) is 0 Å². The van der Waals surface area contributed by atoms with E-state index in [4.69, 9.17) is 5.73 Å². The van der Waals surface area contributed by atoms with Crippen LogP contribution in [-0.2, 0) is 10.0 Å². The van der Waals surface area contributed by atoms with E-state index in [9.17, 15) is 13.5 Å². The minimum Gasteiger partial charge on any atom is -0.395 e. The highest BCUT2D eigenvalue weighted by atomic mass is 32.2. The van der Waals surface area contributed by atoms with Gasteiger partial charge in [0.15, 0.2) is 0 Å². The highest BCUT2D eigenvalue weighted by Gasteiger charge is 2.41. The minimum absolute atomic E-state index is 0.110. The Morgan fingerprint density at radius 3 is 2.62 bits per heavy atom. The van der Waals surface area contributed by atoms with Crippen LogP contribution in [0, 0.1) is 5.92 Å². The van der Waals surface area contributed by atoms with Crippen molar-refractivity contribution in [3.63, 3.8) is 0 Å². The summed E-state index contributed by atoms with van der Waals surface area (Å²) < 4.78 is 25.9. The van der Waals surface area contributed by atoms with Crippen LogP contribution < -0.4 is 5.73 Å². The second-order valence-electron chi connectivity index (χ2n) is 4.44. The molecular weight excluding hydrogens is 228 g/mol. The van der Waals surface area contributed by atoms with Gasteiger partial charge in [0, 0.05) is 13.1 Å². The van der Waals surface area contributed by atoms with E-state index in [0.717, 1.165) is 6.42 Å². The molecule has 1 aliphatic heterocycles. The zero-order valence-corrected chi connectivity index (χ0v) is 10.8. The predicted octanol–water partition coefficient (Wildman–Crippen LogP) is -0.244. The van der Waals surface area contributed by atoms with E-state index in [2.05, 4.69) is 0 Å². The maximum Gasteiger partial charge on any atom is 0.218 e. The van der Waals surface area contributed by atoms with E-state index < -0.39 is 15.3 Å². The van der Waals surface area contributed by atoms with Crippen molar-refractivity contribution in [1.82, 2.24) is 4.31 Å². The monoisotopic (exact) mass is 250 g/mol. The number of sulfonamides is 1. The second-order valence-corrected chi connectivity index (χ2v) is 6.60. The third-order valence-electron chi connectivity index (χ3n) is 3.48. The summed E-state index contributed by atoms with van der Waals surface area (Å²) in [7, 11) is -3.35. The first kappa shape index (κ1) is 13.9. The third kappa shape index (κ3) is 2.40. The molecule has 0 aromatic heterocycles. The van der Waals surface area contributed by atoms with Crippen molar-refractivity contribution in [1.29, 1.82) is 0 Å². The van der Waals surface area contributed by atoms with Gasteiger partial charge in [-0.05, 0) is 18.8 Å². The summed E-state index contributed by atoms with van der Waals surface area (Å²) >= 11 is 0. The topological polar surface area (TPSA) is 83.6 Å². The summed E-state index contributed by atoms with van der Waals surface area (Å²) in [6.45, 7) is 4.33. The Morgan fingerprint density at radius 2 is 2.19 bits per heavy atom. The number of nitrogens with two attached hydrogens (primary N) is 1. The number of nitrogens with zero attached hydrogens (tertiary/aromatic N) is 1. The van der Waals surface area contributed by atoms with E-state index in [0.29, 0.717) is 13.0 Å². The molecule has 5 nitrogen and oxygen atoms in total. The number of aliphatic hydroxyl groups is 1. The molecule has 1 aliphatic rings. The van der Waals surface area contributed by atoms with Crippen LogP contribution in [0.1, 0.15) is 26.7 Å². The first-order valence-electron chi connectivity index (χ1n) is 5.80. The van der Waals surface area contributed by atoms with Gasteiger partial charge in [0.25, 0.3) is 0 Å². The molecule has 0 aromatic carbocycles. The molecule has 1 rings (SSSR count). The Hall–Kier alpha value is -0.170. The molecule has 0 aromatic rings. The molecular formula is C10H22N2O3S. The Morgan fingerprint density at radius 1 is 1.56 bits per heavy atom. The molecule has 0 radical (unpaired) electrons. The van der Waals surface area contributed by atoms with E-state index in [1.807, 2.05) is 13.8 Å². The molecule has 1 heterocycles. The number of aliphatic hydroxyl groups excluding tert-OH is 1. The van der Waals surface area contributed by atoms with Crippen molar-refractivity contribution in [2.75, 3.05) is 19.7 Å². The normalized spacial score (nSPS) is 29.5. The fourth-order valence-corrected chi connectivity index (χ4v) is 4.31. The van der Waals surface area contributed by atoms with Crippen LogP contribution >= 0.6 is 0 Å². The maximum absolute atomic E-state index is 12.2. The lowest BCUT2D eigenvalue weighted by Gasteiger charge is -2.28. The molecule has 3 N–H and O–H groups in total. The van der Waals surface area contributed by atoms with Gasteiger partial charge < -0.3 is 10.8 Å². The second kappa shape index (κ2) is 5.44. The average Bonchev–Trinajstić information content (AvgIpc) is 2.61. The molecule has 0 bridgehead atoms. The van der Waals surface area contributed by atoms with Gasteiger partial charge in [-0.1, -0.05) is 13.8 Å². The Bertz CT molecular complexity index is 314. The molecule has 3 unspecified atom stereocenters.